The molecular weight excluding hydrogens is 635 g/mol. The molecule has 0 saturated heterocycles. The van der Waals surface area contributed by atoms with Crippen LogP contribution in [0.3, 0.4) is 0 Å². The Balaban J connectivity index is 3.29. The summed E-state index contributed by atoms with van der Waals surface area (Å²) < 4.78 is 6.04. The van der Waals surface area contributed by atoms with Crippen LogP contribution in [-0.4, -0.2) is 14.5 Å². The summed E-state index contributed by atoms with van der Waals surface area (Å²) in [6.45, 7) is 0. The van der Waals surface area contributed by atoms with Crippen molar-refractivity contribution in [2.75, 3.05) is 0 Å². The predicted octanol–water partition coefficient (Wildman–Crippen LogP) is 3.16. The van der Waals surface area contributed by atoms with Gasteiger partial charge in [0.05, 0.1) is 0 Å². The maximum atomic E-state index is 2.44. The van der Waals surface area contributed by atoms with Crippen molar-refractivity contribution in [2.24, 2.45) is 0 Å². The third-order valence-electron chi connectivity index (χ3n) is 0.717. The second-order valence-corrected chi connectivity index (χ2v) is 11.0. The Hall–Kier alpha value is 2.92. The summed E-state index contributed by atoms with van der Waals surface area (Å²) in [6.07, 6.45) is 0. The molecule has 0 nitrogen and oxygen atoms in total. The number of hydrogen-bond acceptors (Lipinski definition) is 0. The second-order valence-electron chi connectivity index (χ2n) is 1.28. The van der Waals surface area contributed by atoms with Gasteiger partial charge in [0.25, 0.3) is 0 Å². The van der Waals surface area contributed by atoms with Crippen molar-refractivity contribution in [3.05, 3.63) is 12.0 Å². The zero-order chi connectivity index (χ0) is 7.02. The van der Waals surface area contributed by atoms with Crippen LogP contribution in [0, 0.1) is 12.0 Å². The molecule has 0 bridgehead atoms. The first kappa shape index (κ1) is 10.0. The minimum absolute atomic E-state index is 0.647. The van der Waals surface area contributed by atoms with Crippen LogP contribution >= 0.6 is 90.4 Å². The van der Waals surface area contributed by atoms with E-state index in [9.17, 15) is 0 Å². The molecule has 0 aliphatic rings. The van der Waals surface area contributed by atoms with Crippen LogP contribution in [0.25, 0.3) is 0 Å². The molecule has 50 valence electrons. The normalized spacial score (nSPS) is 10.2. The van der Waals surface area contributed by atoms with Crippen LogP contribution in [0.5, 0.6) is 0 Å². The third-order valence-corrected chi connectivity index (χ3v) is 12.6. The van der Waals surface area contributed by atoms with E-state index < -0.39 is 0 Å². The van der Waals surface area contributed by atoms with E-state index in [1.807, 2.05) is 0 Å². The Kier molecular flexibility index (Phi) is 4.71. The molecule has 0 fully saturated rings. The Morgan fingerprint density at radius 3 is 1.22 bits per heavy atom. The fraction of sp³-hybridized carbons (Fsp3) is 0. The first-order valence-electron chi connectivity index (χ1n) is 1.91. The molecule has 0 saturated carbocycles. The molecule has 9 heavy (non-hydrogen) atoms. The topological polar surface area (TPSA) is 0 Å². The molecule has 1 aromatic rings. The maximum absolute atomic E-state index is 2.44. The van der Waals surface area contributed by atoms with Crippen molar-refractivity contribution in [1.82, 2.24) is 0 Å². The van der Waals surface area contributed by atoms with Gasteiger partial charge in [0.15, 0.2) is 0 Å². The summed E-state index contributed by atoms with van der Waals surface area (Å²) in [7, 11) is 0. The quantitative estimate of drug-likeness (QED) is 0.304. The Labute approximate surface area is 114 Å². The van der Waals surface area contributed by atoms with E-state index in [0.29, 0.717) is 14.5 Å². The summed E-state index contributed by atoms with van der Waals surface area (Å²) in [5, 5.41) is 0. The molecule has 0 unspecified atom stereocenters. The Morgan fingerprint density at radius 1 is 0.778 bits per heavy atom. The van der Waals surface area contributed by atoms with Gasteiger partial charge in [-0.1, -0.05) is 0 Å². The van der Waals surface area contributed by atoms with Gasteiger partial charge in [0.2, 0.25) is 0 Å². The van der Waals surface area contributed by atoms with Crippen molar-refractivity contribution in [2.45, 2.75) is 0 Å². The molecule has 5 heteroatoms. The van der Waals surface area contributed by atoms with Gasteiger partial charge in [-0.2, -0.15) is 0 Å². The molecule has 0 radical (unpaired) electrons. The fourth-order valence-electron chi connectivity index (χ4n) is 0.341. The van der Waals surface area contributed by atoms with Gasteiger partial charge in [-0.15, -0.1) is 0 Å². The first-order chi connectivity index (χ1) is 4.13. The summed E-state index contributed by atoms with van der Waals surface area (Å²) >= 11 is 10.4. The summed E-state index contributed by atoms with van der Waals surface area (Å²) in [5.41, 5.74) is 0. The molecule has 0 aromatic carbocycles. The average Bonchev–Trinajstić information content (AvgIpc) is 1.98. The van der Waals surface area contributed by atoms with Crippen molar-refractivity contribution in [1.29, 1.82) is 0 Å². The Bertz CT molecular complexity index is 206. The van der Waals surface area contributed by atoms with E-state index in [-0.39, 0.29) is 0 Å². The van der Waals surface area contributed by atoms with E-state index in [2.05, 4.69) is 90.4 Å². The average molecular weight is 635 g/mol. The molecule has 0 spiro atoms. The Morgan fingerprint density at radius 2 is 1.11 bits per heavy atom. The monoisotopic (exact) mass is 636 g/mol. The van der Waals surface area contributed by atoms with Crippen molar-refractivity contribution in [3.8, 4) is 0 Å². The predicted molar refractivity (Wildman–Crippen MR) is 74.2 cm³/mol. The molecule has 1 aromatic heterocycles. The van der Waals surface area contributed by atoms with Gasteiger partial charge in [-0.05, 0) is 0 Å². The van der Waals surface area contributed by atoms with Crippen LogP contribution in [-0.2, 0) is 0 Å². The van der Waals surface area contributed by atoms with Crippen LogP contribution in [0.4, 0.5) is 0 Å². The van der Waals surface area contributed by atoms with Gasteiger partial charge in [-0.3, -0.25) is 0 Å². The molecule has 0 N–H and O–H groups in total. The molecule has 1 rings (SSSR count). The number of halogens is 4. The second kappa shape index (κ2) is 4.24. The van der Waals surface area contributed by atoms with Crippen molar-refractivity contribution < 1.29 is 0 Å². The standard InChI is InChI=1S/C4I4Se/c5-1-2(6)4(8)9-3(1)7. The van der Waals surface area contributed by atoms with Gasteiger partial charge >= 0.3 is 117 Å². The summed E-state index contributed by atoms with van der Waals surface area (Å²) in [6, 6.07) is 0. The number of rotatable bonds is 0. The molecule has 1 heterocycles. The van der Waals surface area contributed by atoms with Gasteiger partial charge in [0.1, 0.15) is 0 Å². The van der Waals surface area contributed by atoms with Gasteiger partial charge in [-0.25, -0.2) is 0 Å². The molecule has 0 amide bonds. The summed E-state index contributed by atoms with van der Waals surface area (Å²) in [5.74, 6) is 0. The van der Waals surface area contributed by atoms with Crippen LogP contribution < -0.4 is 0 Å². The minimum atomic E-state index is 0.647. The zero-order valence-corrected chi connectivity index (χ0v) is 14.3. The van der Waals surface area contributed by atoms with E-state index in [1.54, 1.807) is 4.89 Å². The van der Waals surface area contributed by atoms with Crippen LogP contribution in [0.2, 0.25) is 0 Å². The molecule has 0 atom stereocenters. The third kappa shape index (κ3) is 2.43. The molecule has 0 aliphatic heterocycles. The van der Waals surface area contributed by atoms with Crippen LogP contribution in [0.1, 0.15) is 0 Å². The zero-order valence-electron chi connectivity index (χ0n) is 3.92. The van der Waals surface area contributed by atoms with E-state index in [1.165, 1.54) is 7.14 Å². The van der Waals surface area contributed by atoms with Gasteiger partial charge in [0, 0.05) is 0 Å². The summed E-state index contributed by atoms with van der Waals surface area (Å²) in [4.78, 5) is 0. The SMILES string of the molecule is Ic1[se]c(I)c(I)c1I. The molecular formula is C4I4Se. The first-order valence-corrected chi connectivity index (χ1v) is 7.94. The molecule has 0 aliphatic carbocycles. The van der Waals surface area contributed by atoms with Crippen LogP contribution in [0.15, 0.2) is 0 Å². The van der Waals surface area contributed by atoms with Crippen molar-refractivity contribution in [3.63, 3.8) is 0 Å². The van der Waals surface area contributed by atoms with Gasteiger partial charge < -0.3 is 0 Å². The fourth-order valence-corrected chi connectivity index (χ4v) is 10.0. The van der Waals surface area contributed by atoms with E-state index >= 15 is 0 Å². The van der Waals surface area contributed by atoms with E-state index in [0.717, 1.165) is 0 Å². The van der Waals surface area contributed by atoms with E-state index in [4.69, 9.17) is 0 Å². The number of hydrogen-bond donors (Lipinski definition) is 0. The van der Waals surface area contributed by atoms with Crippen molar-refractivity contribution >= 4 is 105 Å².